The van der Waals surface area contributed by atoms with Gasteiger partial charge in [0.05, 0.1) is 6.61 Å². The molecule has 0 unspecified atom stereocenters. The van der Waals surface area contributed by atoms with E-state index in [9.17, 15) is 9.59 Å². The van der Waals surface area contributed by atoms with Gasteiger partial charge >= 0.3 is 6.09 Å². The molecule has 4 heterocycles. The second-order valence-corrected chi connectivity index (χ2v) is 9.65. The predicted molar refractivity (Wildman–Crippen MR) is 127 cm³/mol. The summed E-state index contributed by atoms with van der Waals surface area (Å²) in [5, 5.41) is 3.09. The van der Waals surface area contributed by atoms with E-state index in [1.54, 1.807) is 11.5 Å². The zero-order chi connectivity index (χ0) is 24.4. The zero-order valence-electron chi connectivity index (χ0n) is 20.3. The number of hydrogen-bond donors (Lipinski definition) is 1. The number of nitrogens with zero attached hydrogens (tertiary/aromatic N) is 2. The molecule has 6 rings (SSSR count). The van der Waals surface area contributed by atoms with Gasteiger partial charge in [0.1, 0.15) is 23.7 Å². The van der Waals surface area contributed by atoms with Crippen LogP contribution in [0.25, 0.3) is 0 Å². The van der Waals surface area contributed by atoms with Gasteiger partial charge in [-0.05, 0) is 50.5 Å². The van der Waals surface area contributed by atoms with E-state index >= 15 is 0 Å². The van der Waals surface area contributed by atoms with Crippen LogP contribution < -0.4 is 15.6 Å². The summed E-state index contributed by atoms with van der Waals surface area (Å²) in [5.41, 5.74) is 0.209. The zero-order valence-corrected chi connectivity index (χ0v) is 20.3. The SMILES string of the molecule is CCCCOc1c(C2OC(C)O2)nc2n(c1=O)CC1CCC2(NC(=O)OCc2ccccc2)CC1. The first-order valence-electron chi connectivity index (χ1n) is 12.6. The fraction of sp³-hybridized carbons (Fsp3) is 0.577. The molecule has 1 saturated heterocycles. The quantitative estimate of drug-likeness (QED) is 0.563. The molecule has 1 N–H and O–H groups in total. The molecule has 188 valence electrons. The van der Waals surface area contributed by atoms with Crippen LogP contribution in [-0.4, -0.2) is 28.5 Å². The minimum Gasteiger partial charge on any atom is -0.486 e. The number of carbonyl (C=O) groups excluding carboxylic acids is 1. The second kappa shape index (κ2) is 9.99. The third-order valence-electron chi connectivity index (χ3n) is 7.13. The third kappa shape index (κ3) is 4.79. The van der Waals surface area contributed by atoms with Crippen LogP contribution in [0.5, 0.6) is 5.75 Å². The number of hydrogen-bond acceptors (Lipinski definition) is 7. The number of alkyl carbamates (subject to hydrolysis) is 1. The Morgan fingerprint density at radius 1 is 1.23 bits per heavy atom. The number of carbonyl (C=O) groups is 1. The molecule has 2 fully saturated rings. The van der Waals surface area contributed by atoms with Crippen LogP contribution in [-0.2, 0) is 32.9 Å². The standard InChI is InChI=1S/C26H33N3O6/c1-3-4-14-32-21-20(23-34-17(2)35-23)27-24-26(12-10-18(11-13-26)15-29(24)22(21)30)28-25(31)33-16-19-8-6-5-7-9-19/h5-9,17-18,23H,3-4,10-16H2,1-2H3,(H,28,31). The molecule has 1 aliphatic carbocycles. The highest BCUT2D eigenvalue weighted by Gasteiger charge is 2.47. The summed E-state index contributed by atoms with van der Waals surface area (Å²) >= 11 is 0. The highest BCUT2D eigenvalue weighted by molar-refractivity contribution is 5.68. The van der Waals surface area contributed by atoms with Crippen LogP contribution in [0.4, 0.5) is 4.79 Å². The number of aromatic nitrogens is 2. The summed E-state index contributed by atoms with van der Waals surface area (Å²) < 4.78 is 24.6. The average Bonchev–Trinajstić information content (AvgIpc) is 3.09. The average molecular weight is 484 g/mol. The Bertz CT molecular complexity index is 1100. The van der Waals surface area contributed by atoms with Crippen LogP contribution in [0.1, 0.15) is 75.7 Å². The summed E-state index contributed by atoms with van der Waals surface area (Å²) in [7, 11) is 0. The summed E-state index contributed by atoms with van der Waals surface area (Å²) in [4.78, 5) is 31.5. The van der Waals surface area contributed by atoms with Gasteiger partial charge in [-0.25, -0.2) is 9.78 Å². The lowest BCUT2D eigenvalue weighted by Gasteiger charge is -2.38. The van der Waals surface area contributed by atoms with E-state index in [4.69, 9.17) is 23.9 Å². The molecule has 0 atom stereocenters. The molecule has 1 aromatic heterocycles. The van der Waals surface area contributed by atoms with Gasteiger partial charge in [0.2, 0.25) is 12.0 Å². The number of nitrogens with one attached hydrogen (secondary N) is 1. The van der Waals surface area contributed by atoms with Crippen molar-refractivity contribution in [1.29, 1.82) is 0 Å². The highest BCUT2D eigenvalue weighted by atomic mass is 16.9. The Labute approximate surface area is 204 Å². The van der Waals surface area contributed by atoms with E-state index in [2.05, 4.69) is 12.2 Å². The normalized spacial score (nSPS) is 26.9. The highest BCUT2D eigenvalue weighted by Crippen LogP contribution is 2.44. The van der Waals surface area contributed by atoms with E-state index in [0.29, 0.717) is 43.4 Å². The van der Waals surface area contributed by atoms with E-state index in [1.165, 1.54) is 0 Å². The molecular weight excluding hydrogens is 450 g/mol. The summed E-state index contributed by atoms with van der Waals surface area (Å²) in [6.45, 7) is 4.99. The van der Waals surface area contributed by atoms with Gasteiger partial charge in [-0.15, -0.1) is 0 Å². The Morgan fingerprint density at radius 2 is 1.97 bits per heavy atom. The largest absolute Gasteiger partial charge is 0.486 e. The molecule has 9 nitrogen and oxygen atoms in total. The number of unbranched alkanes of at least 4 members (excludes halogenated alkanes) is 1. The molecule has 1 aromatic carbocycles. The first-order valence-corrected chi connectivity index (χ1v) is 12.6. The number of benzene rings is 1. The van der Waals surface area contributed by atoms with Gasteiger partial charge in [-0.3, -0.25) is 9.36 Å². The summed E-state index contributed by atoms with van der Waals surface area (Å²) in [6.07, 6.45) is 3.25. The lowest BCUT2D eigenvalue weighted by molar-refractivity contribution is -0.384. The van der Waals surface area contributed by atoms with Crippen molar-refractivity contribution in [2.24, 2.45) is 5.92 Å². The molecule has 1 saturated carbocycles. The molecule has 9 heteroatoms. The van der Waals surface area contributed by atoms with Crippen molar-refractivity contribution in [3.8, 4) is 5.75 Å². The van der Waals surface area contributed by atoms with Crippen LogP contribution in [0.2, 0.25) is 0 Å². The van der Waals surface area contributed by atoms with Crippen molar-refractivity contribution in [3.63, 3.8) is 0 Å². The van der Waals surface area contributed by atoms with Gasteiger partial charge in [0.15, 0.2) is 6.29 Å². The Kier molecular flexibility index (Phi) is 6.80. The lowest BCUT2D eigenvalue weighted by atomic mass is 9.77. The maximum absolute atomic E-state index is 13.7. The number of amides is 1. The minimum absolute atomic E-state index is 0.169. The number of ether oxygens (including phenoxy) is 4. The van der Waals surface area contributed by atoms with Crippen LogP contribution in [0.15, 0.2) is 35.1 Å². The van der Waals surface area contributed by atoms with E-state index in [-0.39, 0.29) is 24.2 Å². The topological polar surface area (TPSA) is 101 Å². The molecule has 0 radical (unpaired) electrons. The van der Waals surface area contributed by atoms with Crippen LogP contribution >= 0.6 is 0 Å². The molecule has 2 aromatic rings. The smallest absolute Gasteiger partial charge is 0.408 e. The Balaban J connectivity index is 1.47. The van der Waals surface area contributed by atoms with E-state index in [1.807, 2.05) is 30.3 Å². The fourth-order valence-corrected chi connectivity index (χ4v) is 5.16. The van der Waals surface area contributed by atoms with Crippen molar-refractivity contribution >= 4 is 6.09 Å². The van der Waals surface area contributed by atoms with Gasteiger partial charge in [0, 0.05) is 6.54 Å². The molecule has 4 aliphatic rings. The molecule has 1 amide bonds. The van der Waals surface area contributed by atoms with Gasteiger partial charge in [-0.2, -0.15) is 0 Å². The van der Waals surface area contributed by atoms with E-state index in [0.717, 1.165) is 31.2 Å². The first-order chi connectivity index (χ1) is 17.0. The van der Waals surface area contributed by atoms with Crippen LogP contribution in [0.3, 0.4) is 0 Å². The van der Waals surface area contributed by atoms with Gasteiger partial charge in [-0.1, -0.05) is 43.7 Å². The van der Waals surface area contributed by atoms with Crippen molar-refractivity contribution in [2.75, 3.05) is 6.61 Å². The predicted octanol–water partition coefficient (Wildman–Crippen LogP) is 4.14. The molecule has 35 heavy (non-hydrogen) atoms. The maximum Gasteiger partial charge on any atom is 0.408 e. The number of rotatable bonds is 8. The first kappa shape index (κ1) is 23.8. The monoisotopic (exact) mass is 483 g/mol. The Morgan fingerprint density at radius 3 is 2.66 bits per heavy atom. The van der Waals surface area contributed by atoms with Crippen molar-refractivity contribution < 1.29 is 23.7 Å². The number of fused-ring (bicyclic) bond motifs is 2. The molecule has 0 spiro atoms. The minimum atomic E-state index is -0.800. The van der Waals surface area contributed by atoms with Crippen molar-refractivity contribution in [3.05, 3.63) is 57.8 Å². The Hall–Kier alpha value is -2.91. The molecule has 2 bridgehead atoms. The van der Waals surface area contributed by atoms with Gasteiger partial charge < -0.3 is 24.3 Å². The molecular formula is C26H33N3O6. The van der Waals surface area contributed by atoms with Gasteiger partial charge in [0.25, 0.3) is 5.56 Å². The van der Waals surface area contributed by atoms with Crippen molar-refractivity contribution in [2.45, 2.75) is 83.6 Å². The maximum atomic E-state index is 13.7. The summed E-state index contributed by atoms with van der Waals surface area (Å²) in [5.74, 6) is 1.06. The second-order valence-electron chi connectivity index (χ2n) is 9.65. The molecule has 3 aliphatic heterocycles. The lowest BCUT2D eigenvalue weighted by Crippen LogP contribution is -2.50. The van der Waals surface area contributed by atoms with Crippen molar-refractivity contribution in [1.82, 2.24) is 14.9 Å². The fourth-order valence-electron chi connectivity index (χ4n) is 5.16. The van der Waals surface area contributed by atoms with E-state index < -0.39 is 17.9 Å². The summed E-state index contributed by atoms with van der Waals surface area (Å²) in [6, 6.07) is 9.54. The third-order valence-corrected chi connectivity index (χ3v) is 7.13. The van der Waals surface area contributed by atoms with Crippen LogP contribution in [0, 0.1) is 5.92 Å².